The Bertz CT molecular complexity index is 1280. The zero-order valence-corrected chi connectivity index (χ0v) is 20.7. The number of anilines is 1. The predicted octanol–water partition coefficient (Wildman–Crippen LogP) is 5.25. The number of ether oxygens (including phenoxy) is 1. The number of nitrogens with zero attached hydrogens (tertiary/aromatic N) is 3. The van der Waals surface area contributed by atoms with Crippen LogP contribution in [0.15, 0.2) is 41.5 Å². The molecule has 2 aromatic carbocycles. The molecule has 0 aliphatic carbocycles. The molecule has 0 spiro atoms. The Morgan fingerprint density at radius 2 is 1.88 bits per heavy atom. The second-order valence-corrected chi connectivity index (χ2v) is 8.38. The van der Waals surface area contributed by atoms with Crippen LogP contribution < -0.4 is 10.7 Å². The van der Waals surface area contributed by atoms with Gasteiger partial charge >= 0.3 is 5.97 Å². The molecule has 0 unspecified atom stereocenters. The number of thiocarbonyl (C=S) groups is 1. The van der Waals surface area contributed by atoms with Gasteiger partial charge in [0, 0.05) is 18.3 Å². The van der Waals surface area contributed by atoms with Gasteiger partial charge in [-0.3, -0.25) is 10.1 Å². The molecule has 1 heterocycles. The average Bonchev–Trinajstić information content (AvgIpc) is 3.07. The Kier molecular flexibility index (Phi) is 7.80. The molecule has 8 nitrogen and oxygen atoms in total. The van der Waals surface area contributed by atoms with Crippen molar-refractivity contribution in [2.75, 3.05) is 12.4 Å². The van der Waals surface area contributed by atoms with Crippen LogP contribution in [0.25, 0.3) is 11.3 Å². The molecule has 0 saturated heterocycles. The molecule has 0 atom stereocenters. The molecule has 0 saturated carbocycles. The number of benzene rings is 2. The van der Waals surface area contributed by atoms with Crippen molar-refractivity contribution in [3.8, 4) is 17.0 Å². The standard InChI is InChI=1S/C21H18Cl3N5O3S/c1-10(17-19(30)18(29(2)28-17)11-4-7-14(22)16(24)8-11)26-27-21(33)25-12-5-6-13(15(23)9-12)20(31)32-3/h4-9,30H,1-3H3,(H2,25,27,33)/b26-10-. The van der Waals surface area contributed by atoms with Gasteiger partial charge in [-0.25, -0.2) is 4.79 Å². The third-order valence-corrected chi connectivity index (χ3v) is 5.76. The highest BCUT2D eigenvalue weighted by Gasteiger charge is 2.20. The summed E-state index contributed by atoms with van der Waals surface area (Å²) in [6.07, 6.45) is 0. The van der Waals surface area contributed by atoms with Gasteiger partial charge in [-0.2, -0.15) is 10.2 Å². The maximum absolute atomic E-state index is 11.6. The van der Waals surface area contributed by atoms with Crippen molar-refractivity contribution < 1.29 is 14.6 Å². The van der Waals surface area contributed by atoms with Gasteiger partial charge in [-0.1, -0.05) is 40.9 Å². The van der Waals surface area contributed by atoms with Crippen molar-refractivity contribution in [1.29, 1.82) is 0 Å². The Morgan fingerprint density at radius 1 is 1.15 bits per heavy atom. The Balaban J connectivity index is 1.75. The molecule has 33 heavy (non-hydrogen) atoms. The van der Waals surface area contributed by atoms with E-state index < -0.39 is 5.97 Å². The minimum atomic E-state index is -0.539. The summed E-state index contributed by atoms with van der Waals surface area (Å²) in [5, 5.41) is 23.3. The maximum atomic E-state index is 11.6. The van der Waals surface area contributed by atoms with Crippen molar-refractivity contribution in [3.63, 3.8) is 0 Å². The second-order valence-electron chi connectivity index (χ2n) is 6.75. The molecule has 0 amide bonds. The summed E-state index contributed by atoms with van der Waals surface area (Å²) >= 11 is 23.4. The molecule has 0 bridgehead atoms. The van der Waals surface area contributed by atoms with Gasteiger partial charge in [0.1, 0.15) is 5.69 Å². The van der Waals surface area contributed by atoms with Crippen molar-refractivity contribution >= 4 is 69.5 Å². The zero-order chi connectivity index (χ0) is 24.3. The fourth-order valence-electron chi connectivity index (χ4n) is 2.94. The fourth-order valence-corrected chi connectivity index (χ4v) is 3.66. The molecule has 172 valence electrons. The van der Waals surface area contributed by atoms with Crippen LogP contribution in [0.1, 0.15) is 23.0 Å². The molecule has 1 aromatic heterocycles. The monoisotopic (exact) mass is 525 g/mol. The van der Waals surface area contributed by atoms with E-state index in [1.807, 2.05) is 0 Å². The normalized spacial score (nSPS) is 11.3. The number of nitrogens with one attached hydrogen (secondary N) is 2. The average molecular weight is 527 g/mol. The lowest BCUT2D eigenvalue weighted by atomic mass is 10.1. The summed E-state index contributed by atoms with van der Waals surface area (Å²) in [5.41, 5.74) is 5.22. The van der Waals surface area contributed by atoms with Crippen molar-refractivity contribution in [2.45, 2.75) is 6.92 Å². The van der Waals surface area contributed by atoms with Gasteiger partial charge in [-0.15, -0.1) is 0 Å². The lowest BCUT2D eigenvalue weighted by Gasteiger charge is -2.09. The van der Waals surface area contributed by atoms with E-state index in [4.69, 9.17) is 47.0 Å². The first-order chi connectivity index (χ1) is 15.6. The third kappa shape index (κ3) is 5.56. The molecule has 3 N–H and O–H groups in total. The Morgan fingerprint density at radius 3 is 2.52 bits per heavy atom. The smallest absolute Gasteiger partial charge is 0.339 e. The molecule has 3 rings (SSSR count). The SMILES string of the molecule is COC(=O)c1ccc(NC(=S)N/N=C(/C)c2nn(C)c(-c3ccc(Cl)c(Cl)c3)c2O)cc1Cl. The number of halogens is 3. The lowest BCUT2D eigenvalue weighted by molar-refractivity contribution is 0.0601. The first kappa shape index (κ1) is 24.8. The number of hydrogen-bond acceptors (Lipinski definition) is 6. The highest BCUT2D eigenvalue weighted by atomic mass is 35.5. The summed E-state index contributed by atoms with van der Waals surface area (Å²) in [7, 11) is 2.97. The maximum Gasteiger partial charge on any atom is 0.339 e. The van der Waals surface area contributed by atoms with E-state index >= 15 is 0 Å². The van der Waals surface area contributed by atoms with Gasteiger partial charge in [0.05, 0.1) is 33.5 Å². The number of aromatic nitrogens is 2. The number of aromatic hydroxyl groups is 1. The fraction of sp³-hybridized carbons (Fsp3) is 0.143. The Labute approximate surface area is 210 Å². The quantitative estimate of drug-likeness (QED) is 0.181. The third-order valence-electron chi connectivity index (χ3n) is 4.52. The number of rotatable bonds is 5. The van der Waals surface area contributed by atoms with E-state index in [9.17, 15) is 9.90 Å². The molecular weight excluding hydrogens is 509 g/mol. The van der Waals surface area contributed by atoms with E-state index in [0.717, 1.165) is 0 Å². The summed E-state index contributed by atoms with van der Waals surface area (Å²) in [6.45, 7) is 1.66. The first-order valence-electron chi connectivity index (χ1n) is 9.33. The summed E-state index contributed by atoms with van der Waals surface area (Å²) < 4.78 is 6.18. The molecule has 0 radical (unpaired) electrons. The minimum absolute atomic E-state index is 0.0667. The van der Waals surface area contributed by atoms with Crippen LogP contribution in [-0.4, -0.2) is 38.8 Å². The predicted molar refractivity (Wildman–Crippen MR) is 135 cm³/mol. The summed E-state index contributed by atoms with van der Waals surface area (Å²) in [4.78, 5) is 11.6. The number of carbonyl (C=O) groups excluding carboxylic acids is 1. The molecule has 12 heteroatoms. The van der Waals surface area contributed by atoms with Crippen LogP contribution in [0.4, 0.5) is 5.69 Å². The number of methoxy groups -OCH3 is 1. The topological polar surface area (TPSA) is 101 Å². The van der Waals surface area contributed by atoms with Crippen molar-refractivity contribution in [2.24, 2.45) is 12.1 Å². The number of esters is 1. The number of aryl methyl sites for hydroxylation is 1. The summed E-state index contributed by atoms with van der Waals surface area (Å²) in [6, 6.07) is 9.69. The van der Waals surface area contributed by atoms with E-state index in [2.05, 4.69) is 25.7 Å². The summed E-state index contributed by atoms with van der Waals surface area (Å²) in [5.74, 6) is -0.606. The van der Waals surface area contributed by atoms with Gasteiger partial charge in [0.15, 0.2) is 16.6 Å². The van der Waals surface area contributed by atoms with Crippen LogP contribution in [0.3, 0.4) is 0 Å². The highest BCUT2D eigenvalue weighted by molar-refractivity contribution is 7.80. The largest absolute Gasteiger partial charge is 0.504 e. The van der Waals surface area contributed by atoms with E-state index in [1.165, 1.54) is 23.9 Å². The van der Waals surface area contributed by atoms with E-state index in [0.29, 0.717) is 32.7 Å². The molecule has 0 aliphatic heterocycles. The minimum Gasteiger partial charge on any atom is -0.504 e. The van der Waals surface area contributed by atoms with Crippen LogP contribution >= 0.6 is 47.0 Å². The van der Waals surface area contributed by atoms with Gasteiger partial charge in [0.25, 0.3) is 0 Å². The lowest BCUT2D eigenvalue weighted by Crippen LogP contribution is -2.25. The number of hydrazone groups is 1. The number of hydrogen-bond donors (Lipinski definition) is 3. The van der Waals surface area contributed by atoms with Gasteiger partial charge < -0.3 is 15.2 Å². The molecule has 0 fully saturated rings. The van der Waals surface area contributed by atoms with E-state index in [-0.39, 0.29) is 27.1 Å². The molecular formula is C21H18Cl3N5O3S. The molecule has 3 aromatic rings. The van der Waals surface area contributed by atoms with Crippen LogP contribution in [0.2, 0.25) is 15.1 Å². The van der Waals surface area contributed by atoms with Gasteiger partial charge in [0.2, 0.25) is 0 Å². The Hall–Kier alpha value is -2.85. The highest BCUT2D eigenvalue weighted by Crippen LogP contribution is 2.35. The zero-order valence-electron chi connectivity index (χ0n) is 17.6. The van der Waals surface area contributed by atoms with Gasteiger partial charge in [-0.05, 0) is 49.5 Å². The van der Waals surface area contributed by atoms with Crippen molar-refractivity contribution in [3.05, 3.63) is 62.7 Å². The van der Waals surface area contributed by atoms with Crippen molar-refractivity contribution in [1.82, 2.24) is 15.2 Å². The van der Waals surface area contributed by atoms with Crippen LogP contribution in [0, 0.1) is 0 Å². The van der Waals surface area contributed by atoms with Crippen LogP contribution in [-0.2, 0) is 11.8 Å². The molecule has 0 aliphatic rings. The first-order valence-corrected chi connectivity index (χ1v) is 10.9. The second kappa shape index (κ2) is 10.4. The van der Waals surface area contributed by atoms with Crippen LogP contribution in [0.5, 0.6) is 5.75 Å². The number of carbonyl (C=O) groups is 1. The van der Waals surface area contributed by atoms with E-state index in [1.54, 1.807) is 38.2 Å².